The summed E-state index contributed by atoms with van der Waals surface area (Å²) in [6.45, 7) is 1.99. The van der Waals surface area contributed by atoms with Gasteiger partial charge in [-0.1, -0.05) is 53.6 Å². The zero-order valence-corrected chi connectivity index (χ0v) is 19.9. The van der Waals surface area contributed by atoms with Crippen molar-refractivity contribution in [1.82, 2.24) is 14.6 Å². The second-order valence-corrected chi connectivity index (χ2v) is 8.74. The Balaban J connectivity index is 2.07. The van der Waals surface area contributed by atoms with Gasteiger partial charge in [0, 0.05) is 48.5 Å². The van der Waals surface area contributed by atoms with E-state index in [1.54, 1.807) is 44.4 Å². The first-order chi connectivity index (χ1) is 16.2. The quantitative estimate of drug-likeness (QED) is 0.301. The number of aromatic nitrogens is 2. The van der Waals surface area contributed by atoms with Crippen molar-refractivity contribution >= 4 is 22.6 Å². The highest BCUT2D eigenvalue weighted by atomic mass is 35.5. The molecule has 0 saturated heterocycles. The smallest absolute Gasteiger partial charge is 0.252 e. The topological polar surface area (TPSA) is 110 Å². The summed E-state index contributed by atoms with van der Waals surface area (Å²) in [6.07, 6.45) is 2.80. The fourth-order valence-corrected chi connectivity index (χ4v) is 4.35. The molecule has 2 aromatic carbocycles. The average molecular weight is 476 g/mol. The van der Waals surface area contributed by atoms with Gasteiger partial charge in [0.25, 0.3) is 5.56 Å². The molecule has 2 heterocycles. The number of hydrogen-bond donors (Lipinski definition) is 3. The van der Waals surface area contributed by atoms with Crippen LogP contribution in [-0.2, 0) is 12.6 Å². The number of benzene rings is 2. The lowest BCUT2D eigenvalue weighted by Crippen LogP contribution is -2.41. The molecular weight excluding hydrogens is 450 g/mol. The molecule has 0 fully saturated rings. The standard InChI is InChI=1S/C26H26ClN5O2/c1-16-5-4-6-17(11-16)21-13-24(33)31(2)25-22(21)12-19(15-30-25)26(34,23(14-28)32(3)29)18-7-9-20(27)10-8-18/h4-15,34H,28-29H2,1-3H3/b23-14-. The minimum absolute atomic E-state index is 0.179. The van der Waals surface area contributed by atoms with Crippen LogP contribution in [0.1, 0.15) is 16.7 Å². The number of fused-ring (bicyclic) bond motifs is 1. The number of nitrogens with zero attached hydrogens (tertiary/aromatic N) is 3. The molecule has 2 aromatic heterocycles. The van der Waals surface area contributed by atoms with Crippen LogP contribution in [0.3, 0.4) is 0 Å². The molecule has 1 unspecified atom stereocenters. The fourth-order valence-electron chi connectivity index (χ4n) is 4.22. The number of hydrazine groups is 1. The van der Waals surface area contributed by atoms with Crippen molar-refractivity contribution in [3.63, 3.8) is 0 Å². The predicted octanol–water partition coefficient (Wildman–Crippen LogP) is 3.40. The van der Waals surface area contributed by atoms with Gasteiger partial charge in [0.15, 0.2) is 5.60 Å². The molecule has 0 aliphatic rings. The summed E-state index contributed by atoms with van der Waals surface area (Å²) in [4.78, 5) is 17.3. The number of rotatable bonds is 5. The van der Waals surface area contributed by atoms with Gasteiger partial charge in [0.1, 0.15) is 5.65 Å². The molecule has 1 atom stereocenters. The zero-order chi connectivity index (χ0) is 24.6. The lowest BCUT2D eigenvalue weighted by molar-refractivity contribution is 0.0877. The van der Waals surface area contributed by atoms with Crippen LogP contribution in [0.25, 0.3) is 22.2 Å². The van der Waals surface area contributed by atoms with Crippen LogP contribution in [0.5, 0.6) is 0 Å². The van der Waals surface area contributed by atoms with Gasteiger partial charge in [-0.05, 0) is 41.8 Å². The average Bonchev–Trinajstić information content (AvgIpc) is 2.81. The van der Waals surface area contributed by atoms with E-state index in [2.05, 4.69) is 4.98 Å². The lowest BCUT2D eigenvalue weighted by atomic mass is 9.83. The van der Waals surface area contributed by atoms with Crippen LogP contribution in [-0.4, -0.2) is 26.7 Å². The number of nitrogens with two attached hydrogens (primary N) is 2. The molecule has 0 aliphatic heterocycles. The summed E-state index contributed by atoms with van der Waals surface area (Å²) >= 11 is 6.09. The van der Waals surface area contributed by atoms with Crippen LogP contribution in [0.2, 0.25) is 5.02 Å². The fraction of sp³-hybridized carbons (Fsp3) is 0.154. The maximum Gasteiger partial charge on any atom is 0.252 e. The Kier molecular flexibility index (Phi) is 6.18. The third-order valence-electron chi connectivity index (χ3n) is 5.99. The van der Waals surface area contributed by atoms with Crippen molar-refractivity contribution < 1.29 is 5.11 Å². The summed E-state index contributed by atoms with van der Waals surface area (Å²) in [5, 5.41) is 14.6. The van der Waals surface area contributed by atoms with E-state index < -0.39 is 5.60 Å². The maximum atomic E-state index is 12.7. The zero-order valence-electron chi connectivity index (χ0n) is 19.2. The Morgan fingerprint density at radius 2 is 1.85 bits per heavy atom. The van der Waals surface area contributed by atoms with E-state index in [1.165, 1.54) is 22.0 Å². The predicted molar refractivity (Wildman–Crippen MR) is 136 cm³/mol. The molecule has 0 aliphatic carbocycles. The number of halogens is 1. The molecular formula is C26H26ClN5O2. The highest BCUT2D eigenvalue weighted by Gasteiger charge is 2.38. The van der Waals surface area contributed by atoms with Crippen molar-refractivity contribution in [2.24, 2.45) is 18.6 Å². The van der Waals surface area contributed by atoms with Gasteiger partial charge in [-0.15, -0.1) is 0 Å². The molecule has 0 bridgehead atoms. The minimum Gasteiger partial charge on any atom is -0.403 e. The molecule has 0 spiro atoms. The summed E-state index contributed by atoms with van der Waals surface area (Å²) < 4.78 is 1.48. The van der Waals surface area contributed by atoms with Gasteiger partial charge >= 0.3 is 0 Å². The third kappa shape index (κ3) is 3.94. The maximum absolute atomic E-state index is 12.7. The van der Waals surface area contributed by atoms with Gasteiger partial charge < -0.3 is 15.8 Å². The Labute approximate surface area is 202 Å². The highest BCUT2D eigenvalue weighted by molar-refractivity contribution is 6.30. The first-order valence-electron chi connectivity index (χ1n) is 10.6. The minimum atomic E-state index is -1.73. The second-order valence-electron chi connectivity index (χ2n) is 8.30. The summed E-state index contributed by atoms with van der Waals surface area (Å²) in [6, 6.07) is 18.1. The van der Waals surface area contributed by atoms with Gasteiger partial charge in [0.05, 0.1) is 5.70 Å². The van der Waals surface area contributed by atoms with E-state index in [0.29, 0.717) is 32.7 Å². The molecule has 34 heavy (non-hydrogen) atoms. The molecule has 4 rings (SSSR count). The van der Waals surface area contributed by atoms with Gasteiger partial charge in [-0.25, -0.2) is 10.8 Å². The third-order valence-corrected chi connectivity index (χ3v) is 6.24. The summed E-state index contributed by atoms with van der Waals surface area (Å²) in [5.74, 6) is 6.07. The van der Waals surface area contributed by atoms with Crippen molar-refractivity contribution in [2.75, 3.05) is 7.05 Å². The Morgan fingerprint density at radius 1 is 1.15 bits per heavy atom. The number of hydrogen-bond acceptors (Lipinski definition) is 6. The number of pyridine rings is 2. The van der Waals surface area contributed by atoms with E-state index >= 15 is 0 Å². The van der Waals surface area contributed by atoms with Crippen LogP contribution in [0.15, 0.2) is 83.6 Å². The SMILES string of the molecule is Cc1cccc(-c2cc(=O)n(C)c3ncc(C(O)(/C(=C/N)N(C)N)c4ccc(Cl)cc4)cc23)c1. The van der Waals surface area contributed by atoms with Gasteiger partial charge in [0.2, 0.25) is 0 Å². The van der Waals surface area contributed by atoms with E-state index in [1.807, 2.05) is 37.3 Å². The van der Waals surface area contributed by atoms with Crippen LogP contribution in [0, 0.1) is 6.92 Å². The van der Waals surface area contributed by atoms with Crippen molar-refractivity contribution in [1.29, 1.82) is 0 Å². The first kappa shape index (κ1) is 23.5. The Hall–Kier alpha value is -3.65. The normalized spacial score (nSPS) is 13.6. The largest absolute Gasteiger partial charge is 0.403 e. The van der Waals surface area contributed by atoms with Gasteiger partial charge in [-0.2, -0.15) is 0 Å². The van der Waals surface area contributed by atoms with E-state index in [4.69, 9.17) is 23.2 Å². The van der Waals surface area contributed by atoms with Crippen molar-refractivity contribution in [3.05, 3.63) is 111 Å². The Bertz CT molecular complexity index is 1460. The summed E-state index contributed by atoms with van der Waals surface area (Å²) in [7, 11) is 3.26. The second kappa shape index (κ2) is 8.95. The number of aliphatic hydroxyl groups is 1. The van der Waals surface area contributed by atoms with E-state index in [0.717, 1.165) is 11.1 Å². The number of aryl methyl sites for hydroxylation is 2. The van der Waals surface area contributed by atoms with Gasteiger partial charge in [-0.3, -0.25) is 9.36 Å². The highest BCUT2D eigenvalue weighted by Crippen LogP contribution is 2.39. The molecule has 5 N–H and O–H groups in total. The van der Waals surface area contributed by atoms with Crippen LogP contribution in [0.4, 0.5) is 0 Å². The molecule has 4 aromatic rings. The molecule has 174 valence electrons. The molecule has 8 heteroatoms. The molecule has 0 saturated carbocycles. The van der Waals surface area contributed by atoms with Crippen molar-refractivity contribution in [3.8, 4) is 11.1 Å². The monoisotopic (exact) mass is 475 g/mol. The molecule has 0 radical (unpaired) electrons. The molecule has 0 amide bonds. The molecule has 7 nitrogen and oxygen atoms in total. The van der Waals surface area contributed by atoms with Crippen molar-refractivity contribution in [2.45, 2.75) is 12.5 Å². The lowest BCUT2D eigenvalue weighted by Gasteiger charge is -2.35. The van der Waals surface area contributed by atoms with E-state index in [9.17, 15) is 9.90 Å². The van der Waals surface area contributed by atoms with Crippen LogP contribution < -0.4 is 17.1 Å². The number of likely N-dealkylation sites (N-methyl/N-ethyl adjacent to an activating group) is 1. The van der Waals surface area contributed by atoms with Crippen LogP contribution >= 0.6 is 11.6 Å². The first-order valence-corrected chi connectivity index (χ1v) is 11.0. The Morgan fingerprint density at radius 3 is 2.47 bits per heavy atom. The summed E-state index contributed by atoms with van der Waals surface area (Å²) in [5.41, 5.74) is 8.35. The van der Waals surface area contributed by atoms with E-state index in [-0.39, 0.29) is 11.3 Å².